The number of fused-ring (bicyclic) bond motifs is 1. The van der Waals surface area contributed by atoms with Crippen LogP contribution in [0, 0.1) is 12.3 Å². The van der Waals surface area contributed by atoms with Crippen molar-refractivity contribution in [2.75, 3.05) is 31.4 Å². The molecule has 4 aromatic rings. The lowest BCUT2D eigenvalue weighted by atomic mass is 10.0. The molecule has 0 bridgehead atoms. The molecule has 0 saturated carbocycles. The lowest BCUT2D eigenvalue weighted by molar-refractivity contribution is -0.111. The number of pyridine rings is 2. The van der Waals surface area contributed by atoms with Gasteiger partial charge in [0.15, 0.2) is 0 Å². The first-order valence-electron chi connectivity index (χ1n) is 11.9. The van der Waals surface area contributed by atoms with E-state index in [4.69, 9.17) is 39.1 Å². The minimum atomic E-state index is -0.400. The van der Waals surface area contributed by atoms with Crippen LogP contribution in [0.4, 0.5) is 11.6 Å². The van der Waals surface area contributed by atoms with Gasteiger partial charge in [-0.3, -0.25) is 19.1 Å². The number of halogens is 2. The van der Waals surface area contributed by atoms with Crippen molar-refractivity contribution in [1.29, 1.82) is 0 Å². The molecule has 40 heavy (non-hydrogen) atoms. The summed E-state index contributed by atoms with van der Waals surface area (Å²) in [7, 11) is 2.91. The first-order chi connectivity index (χ1) is 19.3. The molecule has 1 aromatic carbocycles. The Morgan fingerprint density at radius 3 is 2.48 bits per heavy atom. The number of ether oxygens (including phenoxy) is 2. The molecule has 0 saturated heterocycles. The molecule has 0 aliphatic carbocycles. The smallest absolute Gasteiger partial charge is 0.260 e. The Kier molecular flexibility index (Phi) is 8.89. The summed E-state index contributed by atoms with van der Waals surface area (Å²) in [6.45, 7) is 3.85. The van der Waals surface area contributed by atoms with Crippen molar-refractivity contribution in [1.82, 2.24) is 19.5 Å². The van der Waals surface area contributed by atoms with Gasteiger partial charge < -0.3 is 20.1 Å². The van der Waals surface area contributed by atoms with Gasteiger partial charge in [-0.15, -0.1) is 6.42 Å². The van der Waals surface area contributed by atoms with Crippen molar-refractivity contribution in [3.8, 4) is 35.0 Å². The number of benzene rings is 1. The van der Waals surface area contributed by atoms with Gasteiger partial charge in [-0.1, -0.05) is 35.7 Å². The van der Waals surface area contributed by atoms with E-state index >= 15 is 0 Å². The van der Waals surface area contributed by atoms with Gasteiger partial charge in [0.25, 0.3) is 5.56 Å². The van der Waals surface area contributed by atoms with E-state index in [0.29, 0.717) is 40.3 Å². The van der Waals surface area contributed by atoms with Crippen LogP contribution in [0.3, 0.4) is 0 Å². The molecule has 2 N–H and O–H groups in total. The number of carbonyl (C=O) groups is 1. The van der Waals surface area contributed by atoms with E-state index < -0.39 is 5.56 Å². The molecule has 0 spiro atoms. The average Bonchev–Trinajstić information content (AvgIpc) is 2.96. The number of aromatic nitrogens is 4. The van der Waals surface area contributed by atoms with Crippen LogP contribution in [0.2, 0.25) is 10.0 Å². The molecule has 0 radical (unpaired) electrons. The Balaban J connectivity index is 1.84. The molecule has 12 heteroatoms. The molecule has 3 heterocycles. The number of terminal acetylenes is 1. The second-order valence-electron chi connectivity index (χ2n) is 8.31. The molecule has 3 aromatic heterocycles. The number of hydrogen-bond acceptors (Lipinski definition) is 8. The van der Waals surface area contributed by atoms with Crippen molar-refractivity contribution in [3.05, 3.63) is 75.4 Å². The molecule has 1 amide bonds. The maximum Gasteiger partial charge on any atom is 0.260 e. The highest BCUT2D eigenvalue weighted by Crippen LogP contribution is 2.45. The molecule has 0 aliphatic rings. The molecule has 204 valence electrons. The summed E-state index contributed by atoms with van der Waals surface area (Å²) in [6, 6.07) is 6.64. The van der Waals surface area contributed by atoms with Gasteiger partial charge in [-0.2, -0.15) is 4.98 Å². The van der Waals surface area contributed by atoms with Crippen molar-refractivity contribution in [2.24, 2.45) is 0 Å². The summed E-state index contributed by atoms with van der Waals surface area (Å²) in [4.78, 5) is 38.8. The quantitative estimate of drug-likeness (QED) is 0.207. The summed E-state index contributed by atoms with van der Waals surface area (Å²) in [6.07, 6.45) is 10.0. The van der Waals surface area contributed by atoms with E-state index in [1.807, 2.05) is 0 Å². The van der Waals surface area contributed by atoms with Gasteiger partial charge in [0.1, 0.15) is 17.1 Å². The monoisotopic (exact) mass is 578 g/mol. The number of nitrogens with one attached hydrogen (secondary N) is 2. The van der Waals surface area contributed by atoms with E-state index in [-0.39, 0.29) is 46.1 Å². The van der Waals surface area contributed by atoms with E-state index in [1.54, 1.807) is 30.5 Å². The lowest BCUT2D eigenvalue weighted by Gasteiger charge is -2.17. The standard InChI is InChI=1S/C28H24Cl2N6O4/c1-5-10-31-28-33-14-16-12-19(23-24(29)20(39-3)13-21(40-4)25(23)30)27(38)36(26(16)35-28)11-9-17-7-8-18(15-32-17)34-22(37)6-2/h1,6-8,12-15H,2,9-11H2,3-4H3,(H,34,37)(H,31,33,35). The number of methoxy groups -OCH3 is 2. The Bertz CT molecular complexity index is 1670. The van der Waals surface area contributed by atoms with Crippen LogP contribution in [-0.2, 0) is 17.8 Å². The lowest BCUT2D eigenvalue weighted by Crippen LogP contribution is -2.25. The maximum absolute atomic E-state index is 14.0. The number of carbonyl (C=O) groups excluding carboxylic acids is 1. The molecular formula is C28H24Cl2N6O4. The fourth-order valence-corrected chi connectivity index (χ4v) is 4.65. The van der Waals surface area contributed by atoms with Crippen molar-refractivity contribution >= 4 is 51.8 Å². The Labute approximate surface area is 240 Å². The van der Waals surface area contributed by atoms with Crippen LogP contribution >= 0.6 is 23.2 Å². The number of rotatable bonds is 10. The topological polar surface area (TPSA) is 120 Å². The number of nitrogens with zero attached hydrogens (tertiary/aromatic N) is 4. The van der Waals surface area contributed by atoms with Crippen LogP contribution in [0.5, 0.6) is 11.5 Å². The van der Waals surface area contributed by atoms with Gasteiger partial charge in [-0.05, 0) is 24.3 Å². The third kappa shape index (κ3) is 5.86. The summed E-state index contributed by atoms with van der Waals surface area (Å²) in [5.41, 5.74) is 1.65. The zero-order valence-electron chi connectivity index (χ0n) is 21.6. The highest BCUT2D eigenvalue weighted by molar-refractivity contribution is 6.41. The summed E-state index contributed by atoms with van der Waals surface area (Å²) in [5, 5.41) is 6.44. The molecule has 0 unspecified atom stereocenters. The first-order valence-corrected chi connectivity index (χ1v) is 12.6. The largest absolute Gasteiger partial charge is 0.495 e. The molecule has 0 aliphatic heterocycles. The van der Waals surface area contributed by atoms with Crippen LogP contribution < -0.4 is 25.7 Å². The van der Waals surface area contributed by atoms with Gasteiger partial charge in [0.2, 0.25) is 11.9 Å². The predicted octanol–water partition coefficient (Wildman–Crippen LogP) is 4.59. The zero-order chi connectivity index (χ0) is 28.8. The highest BCUT2D eigenvalue weighted by Gasteiger charge is 2.23. The summed E-state index contributed by atoms with van der Waals surface area (Å²) in [5.74, 6) is 2.98. The van der Waals surface area contributed by atoms with Crippen LogP contribution in [0.1, 0.15) is 5.69 Å². The normalized spacial score (nSPS) is 10.6. The summed E-state index contributed by atoms with van der Waals surface area (Å²) < 4.78 is 12.3. The second-order valence-corrected chi connectivity index (χ2v) is 9.07. The van der Waals surface area contributed by atoms with E-state index in [2.05, 4.69) is 38.1 Å². The fourth-order valence-electron chi connectivity index (χ4n) is 3.95. The van der Waals surface area contributed by atoms with Gasteiger partial charge in [0, 0.05) is 41.9 Å². The Morgan fingerprint density at radius 1 is 1.15 bits per heavy atom. The Morgan fingerprint density at radius 2 is 1.88 bits per heavy atom. The first kappa shape index (κ1) is 28.4. The van der Waals surface area contributed by atoms with Crippen LogP contribution in [-0.4, -0.2) is 46.2 Å². The number of aryl methyl sites for hydroxylation is 2. The van der Waals surface area contributed by atoms with Crippen molar-refractivity contribution < 1.29 is 14.3 Å². The van der Waals surface area contributed by atoms with Crippen molar-refractivity contribution in [2.45, 2.75) is 13.0 Å². The molecule has 4 rings (SSSR count). The van der Waals surface area contributed by atoms with Gasteiger partial charge in [-0.25, -0.2) is 4.98 Å². The third-order valence-corrected chi connectivity index (χ3v) is 6.64. The molecular weight excluding hydrogens is 555 g/mol. The molecule has 0 atom stereocenters. The van der Waals surface area contributed by atoms with Crippen LogP contribution in [0.15, 0.2) is 54.1 Å². The van der Waals surface area contributed by atoms with E-state index in [0.717, 1.165) is 0 Å². The second kappa shape index (κ2) is 12.5. The SMILES string of the molecule is C#CCNc1ncc2cc(-c3c(Cl)c(OC)cc(OC)c3Cl)c(=O)n(CCc3ccc(NC(=O)C=C)cn3)c2n1. The molecule has 10 nitrogen and oxygen atoms in total. The van der Waals surface area contributed by atoms with Gasteiger partial charge >= 0.3 is 0 Å². The zero-order valence-corrected chi connectivity index (χ0v) is 23.1. The van der Waals surface area contributed by atoms with E-state index in [1.165, 1.54) is 31.1 Å². The average molecular weight is 579 g/mol. The number of amides is 1. The number of anilines is 2. The molecule has 0 fully saturated rings. The third-order valence-electron chi connectivity index (χ3n) is 5.89. The van der Waals surface area contributed by atoms with E-state index in [9.17, 15) is 9.59 Å². The highest BCUT2D eigenvalue weighted by atomic mass is 35.5. The Hall–Kier alpha value is -4.59. The minimum absolute atomic E-state index is 0.156. The van der Waals surface area contributed by atoms with Crippen LogP contribution in [0.25, 0.3) is 22.2 Å². The predicted molar refractivity (Wildman–Crippen MR) is 156 cm³/mol. The summed E-state index contributed by atoms with van der Waals surface area (Å²) >= 11 is 13.3. The fraction of sp³-hybridized carbons (Fsp3) is 0.179. The minimum Gasteiger partial charge on any atom is -0.495 e. The van der Waals surface area contributed by atoms with Crippen molar-refractivity contribution in [3.63, 3.8) is 0 Å². The maximum atomic E-state index is 14.0. The van der Waals surface area contributed by atoms with Gasteiger partial charge in [0.05, 0.1) is 48.3 Å². The number of hydrogen-bond donors (Lipinski definition) is 2.